The van der Waals surface area contributed by atoms with E-state index in [0.29, 0.717) is 6.42 Å². The molecule has 0 aliphatic heterocycles. The highest BCUT2D eigenvalue weighted by atomic mass is 32.2. The predicted octanol–water partition coefficient (Wildman–Crippen LogP) is 3.44. The van der Waals surface area contributed by atoms with E-state index < -0.39 is 21.5 Å². The van der Waals surface area contributed by atoms with Gasteiger partial charge in [0.05, 0.1) is 0 Å². The van der Waals surface area contributed by atoms with Gasteiger partial charge in [0.2, 0.25) is 0 Å². The summed E-state index contributed by atoms with van der Waals surface area (Å²) in [5, 5.41) is 10.9. The lowest BCUT2D eigenvalue weighted by atomic mass is 10.0. The van der Waals surface area contributed by atoms with Gasteiger partial charge in [-0.1, -0.05) is 6.07 Å². The second kappa shape index (κ2) is 7.50. The number of carbonyl (C=O) groups is 1. The molecule has 2 unspecified atom stereocenters. The molecule has 2 N–H and O–H groups in total. The zero-order chi connectivity index (χ0) is 16.2. The lowest BCUT2D eigenvalue weighted by Crippen LogP contribution is -2.46. The van der Waals surface area contributed by atoms with Crippen LogP contribution in [-0.2, 0) is 22.0 Å². The molecule has 0 bridgehead atoms. The molecule has 0 fully saturated rings. The first-order valence-electron chi connectivity index (χ1n) is 6.88. The van der Waals surface area contributed by atoms with Gasteiger partial charge in [-0.3, -0.25) is 14.2 Å². The third-order valence-corrected chi connectivity index (χ3v) is 7.59. The van der Waals surface area contributed by atoms with Crippen molar-refractivity contribution in [3.8, 4) is 9.75 Å². The molecule has 0 spiro atoms. The number of hydroxylamine groups is 1. The summed E-state index contributed by atoms with van der Waals surface area (Å²) in [5.74, 6) is -0.584. The number of carbonyl (C=O) groups excluding carboxylic acids is 1. The van der Waals surface area contributed by atoms with Crippen LogP contribution in [0.1, 0.15) is 24.6 Å². The third kappa shape index (κ3) is 3.84. The van der Waals surface area contributed by atoms with Crippen LogP contribution in [0, 0.1) is 0 Å². The van der Waals surface area contributed by atoms with Crippen LogP contribution in [0.25, 0.3) is 9.75 Å². The third-order valence-electron chi connectivity index (χ3n) is 3.72. The molecular formula is C15H19NO3S3. The molecule has 22 heavy (non-hydrogen) atoms. The van der Waals surface area contributed by atoms with Crippen LogP contribution in [0.4, 0.5) is 0 Å². The van der Waals surface area contributed by atoms with Gasteiger partial charge in [-0.25, -0.2) is 5.48 Å². The molecule has 2 atom stereocenters. The topological polar surface area (TPSA) is 66.4 Å². The average molecular weight is 358 g/mol. The summed E-state index contributed by atoms with van der Waals surface area (Å²) in [6, 6.07) is 8.35. The lowest BCUT2D eigenvalue weighted by molar-refractivity contribution is -0.131. The van der Waals surface area contributed by atoms with Gasteiger partial charge >= 0.3 is 0 Å². The Balaban J connectivity index is 1.96. The molecule has 0 aliphatic carbocycles. The summed E-state index contributed by atoms with van der Waals surface area (Å²) in [7, 11) is -1.34. The van der Waals surface area contributed by atoms with Crippen LogP contribution in [0.2, 0.25) is 0 Å². The Hall–Kier alpha value is -1.02. The first kappa shape index (κ1) is 17.3. The van der Waals surface area contributed by atoms with Crippen LogP contribution in [0.5, 0.6) is 0 Å². The van der Waals surface area contributed by atoms with Gasteiger partial charge in [0.15, 0.2) is 0 Å². The largest absolute Gasteiger partial charge is 0.289 e. The molecule has 2 heterocycles. The smallest absolute Gasteiger partial charge is 0.261 e. The van der Waals surface area contributed by atoms with Gasteiger partial charge in [0.1, 0.15) is 4.75 Å². The van der Waals surface area contributed by atoms with Crippen molar-refractivity contribution in [3.05, 3.63) is 34.5 Å². The Morgan fingerprint density at radius 1 is 1.36 bits per heavy atom. The van der Waals surface area contributed by atoms with Gasteiger partial charge in [0, 0.05) is 31.7 Å². The fourth-order valence-electron chi connectivity index (χ4n) is 2.17. The molecule has 120 valence electrons. The normalized spacial score (nSPS) is 15.2. The van der Waals surface area contributed by atoms with E-state index >= 15 is 0 Å². The van der Waals surface area contributed by atoms with Gasteiger partial charge in [-0.2, -0.15) is 0 Å². The summed E-state index contributed by atoms with van der Waals surface area (Å²) in [6.45, 7) is 1.63. The quantitative estimate of drug-likeness (QED) is 0.589. The van der Waals surface area contributed by atoms with Crippen LogP contribution in [0.15, 0.2) is 29.6 Å². The molecule has 4 nitrogen and oxygen atoms in total. The molecule has 0 aliphatic rings. The van der Waals surface area contributed by atoms with Crippen LogP contribution < -0.4 is 5.48 Å². The summed E-state index contributed by atoms with van der Waals surface area (Å²) in [5.41, 5.74) is 1.63. The Kier molecular flexibility index (Phi) is 5.91. The molecular weight excluding hydrogens is 338 g/mol. The first-order chi connectivity index (χ1) is 10.5. The number of nitrogens with one attached hydrogen (secondary N) is 1. The molecule has 2 aromatic rings. The van der Waals surface area contributed by atoms with Crippen molar-refractivity contribution < 1.29 is 14.2 Å². The zero-order valence-corrected chi connectivity index (χ0v) is 14.9. The zero-order valence-electron chi connectivity index (χ0n) is 12.5. The summed E-state index contributed by atoms with van der Waals surface area (Å²) in [4.78, 5) is 15.5. The van der Waals surface area contributed by atoms with Crippen molar-refractivity contribution >= 4 is 39.4 Å². The van der Waals surface area contributed by atoms with Crippen molar-refractivity contribution in [2.75, 3.05) is 6.26 Å². The molecule has 1 amide bonds. The number of thiophene rings is 2. The highest BCUT2D eigenvalue weighted by Crippen LogP contribution is 2.32. The monoisotopic (exact) mass is 357 g/mol. The Morgan fingerprint density at radius 3 is 2.73 bits per heavy atom. The van der Waals surface area contributed by atoms with Crippen molar-refractivity contribution in [3.63, 3.8) is 0 Å². The van der Waals surface area contributed by atoms with E-state index in [9.17, 15) is 9.00 Å². The fourth-order valence-corrected chi connectivity index (χ4v) is 4.79. The highest BCUT2D eigenvalue weighted by Gasteiger charge is 2.36. The van der Waals surface area contributed by atoms with Gasteiger partial charge < -0.3 is 0 Å². The maximum Gasteiger partial charge on any atom is 0.261 e. The Bertz CT molecular complexity index is 651. The van der Waals surface area contributed by atoms with Gasteiger partial charge in [0.25, 0.3) is 5.91 Å². The van der Waals surface area contributed by atoms with Crippen molar-refractivity contribution in [2.24, 2.45) is 0 Å². The average Bonchev–Trinajstić information content (AvgIpc) is 3.16. The van der Waals surface area contributed by atoms with E-state index in [1.54, 1.807) is 35.1 Å². The maximum atomic E-state index is 11.8. The Labute approximate surface area is 140 Å². The maximum absolute atomic E-state index is 11.8. The molecule has 7 heteroatoms. The number of hydrogen-bond donors (Lipinski definition) is 2. The fraction of sp³-hybridized carbons (Fsp3) is 0.400. The molecule has 0 saturated carbocycles. The molecule has 0 aromatic carbocycles. The predicted molar refractivity (Wildman–Crippen MR) is 93.0 cm³/mol. The minimum Gasteiger partial charge on any atom is -0.289 e. The SMILES string of the molecule is CS(=O)C(C)(CCCc1ccc(-c2cccs2)s1)C(=O)NO. The summed E-state index contributed by atoms with van der Waals surface area (Å²) < 4.78 is 10.8. The summed E-state index contributed by atoms with van der Waals surface area (Å²) >= 11 is 3.47. The molecule has 2 rings (SSSR count). The van der Waals surface area contributed by atoms with E-state index in [4.69, 9.17) is 5.21 Å². The standard InChI is InChI=1S/C15H19NO3S3/c1-15(22(2)19,14(17)16-18)9-3-5-11-7-8-13(21-11)12-6-4-10-20-12/h4,6-8,10,18H,3,5,9H2,1-2H3,(H,16,17). The van der Waals surface area contributed by atoms with Crippen LogP contribution >= 0.6 is 22.7 Å². The molecule has 2 aromatic heterocycles. The number of hydrogen-bond acceptors (Lipinski definition) is 5. The highest BCUT2D eigenvalue weighted by molar-refractivity contribution is 7.86. The Morgan fingerprint density at radius 2 is 2.14 bits per heavy atom. The number of aryl methyl sites for hydroxylation is 1. The second-order valence-electron chi connectivity index (χ2n) is 5.22. The van der Waals surface area contributed by atoms with Crippen molar-refractivity contribution in [1.82, 2.24) is 5.48 Å². The number of rotatable bonds is 7. The minimum atomic E-state index is -1.34. The van der Waals surface area contributed by atoms with E-state index in [1.165, 1.54) is 20.9 Å². The summed E-state index contributed by atoms with van der Waals surface area (Å²) in [6.07, 6.45) is 3.54. The van der Waals surface area contributed by atoms with E-state index in [0.717, 1.165) is 12.8 Å². The van der Waals surface area contributed by atoms with Gasteiger partial charge in [-0.15, -0.1) is 22.7 Å². The van der Waals surface area contributed by atoms with Gasteiger partial charge in [-0.05, 0) is 49.8 Å². The van der Waals surface area contributed by atoms with Crippen molar-refractivity contribution in [2.45, 2.75) is 30.9 Å². The van der Waals surface area contributed by atoms with Crippen molar-refractivity contribution in [1.29, 1.82) is 0 Å². The molecule has 0 saturated heterocycles. The lowest BCUT2D eigenvalue weighted by Gasteiger charge is -2.24. The second-order valence-corrected chi connectivity index (χ2v) is 9.15. The van der Waals surface area contributed by atoms with E-state index in [1.807, 2.05) is 6.07 Å². The van der Waals surface area contributed by atoms with Crippen LogP contribution in [0.3, 0.4) is 0 Å². The molecule has 0 radical (unpaired) electrons. The first-order valence-corrected chi connectivity index (χ1v) is 10.1. The minimum absolute atomic E-state index is 0.467. The van der Waals surface area contributed by atoms with Crippen LogP contribution in [-0.4, -0.2) is 26.3 Å². The van der Waals surface area contributed by atoms with E-state index in [-0.39, 0.29) is 0 Å². The number of amides is 1. The van der Waals surface area contributed by atoms with E-state index in [2.05, 4.69) is 23.6 Å².